The third-order valence-electron chi connectivity index (χ3n) is 3.78. The Hall–Kier alpha value is -0.450. The number of unbranched alkanes of at least 4 members (excludes halogenated alkanes) is 1. The van der Waals surface area contributed by atoms with Crippen LogP contribution in [-0.4, -0.2) is 34.2 Å². The van der Waals surface area contributed by atoms with Gasteiger partial charge in [-0.05, 0) is 45.1 Å². The Balaban J connectivity index is 1.53. The first-order valence-corrected chi connectivity index (χ1v) is 8.04. The molecule has 18 heavy (non-hydrogen) atoms. The molecule has 0 aromatic carbocycles. The molecule has 2 fully saturated rings. The van der Waals surface area contributed by atoms with E-state index in [1.54, 1.807) is 0 Å². The summed E-state index contributed by atoms with van der Waals surface area (Å²) in [5.74, 6) is 0.785. The molecule has 100 valence electrons. The molecule has 0 radical (unpaired) electrons. The fourth-order valence-electron chi connectivity index (χ4n) is 2.38. The van der Waals surface area contributed by atoms with Gasteiger partial charge in [0.05, 0.1) is 10.7 Å². The van der Waals surface area contributed by atoms with Gasteiger partial charge in [-0.25, -0.2) is 4.98 Å². The van der Waals surface area contributed by atoms with Crippen molar-refractivity contribution < 1.29 is 5.11 Å². The molecule has 0 bridgehead atoms. The SMILES string of the molecule is OCCCCN(Cc1csc(C2CC2)n1)C1CC1. The highest BCUT2D eigenvalue weighted by atomic mass is 32.1. The zero-order valence-corrected chi connectivity index (χ0v) is 11.7. The van der Waals surface area contributed by atoms with E-state index in [4.69, 9.17) is 10.1 Å². The van der Waals surface area contributed by atoms with E-state index in [2.05, 4.69) is 10.3 Å². The van der Waals surface area contributed by atoms with Gasteiger partial charge in [-0.2, -0.15) is 0 Å². The number of nitrogens with zero attached hydrogens (tertiary/aromatic N) is 2. The van der Waals surface area contributed by atoms with E-state index in [1.165, 1.54) is 36.4 Å². The van der Waals surface area contributed by atoms with Crippen LogP contribution in [0.5, 0.6) is 0 Å². The molecule has 2 aliphatic carbocycles. The Labute approximate surface area is 113 Å². The molecule has 3 nitrogen and oxygen atoms in total. The Morgan fingerprint density at radius 3 is 2.78 bits per heavy atom. The second-order valence-electron chi connectivity index (χ2n) is 5.58. The number of rotatable bonds is 8. The number of aliphatic hydroxyl groups is 1. The second kappa shape index (κ2) is 5.68. The van der Waals surface area contributed by atoms with E-state index < -0.39 is 0 Å². The van der Waals surface area contributed by atoms with Gasteiger partial charge < -0.3 is 5.11 Å². The molecule has 0 spiro atoms. The maximum Gasteiger partial charge on any atom is 0.0959 e. The first-order valence-electron chi connectivity index (χ1n) is 7.16. The van der Waals surface area contributed by atoms with Crippen LogP contribution >= 0.6 is 11.3 Å². The van der Waals surface area contributed by atoms with Gasteiger partial charge in [-0.3, -0.25) is 4.90 Å². The van der Waals surface area contributed by atoms with Crippen LogP contribution in [0.25, 0.3) is 0 Å². The van der Waals surface area contributed by atoms with Crippen LogP contribution in [0.3, 0.4) is 0 Å². The molecular weight excluding hydrogens is 244 g/mol. The first kappa shape index (κ1) is 12.6. The van der Waals surface area contributed by atoms with Crippen molar-refractivity contribution in [2.75, 3.05) is 13.2 Å². The van der Waals surface area contributed by atoms with E-state index in [-0.39, 0.29) is 0 Å². The minimum Gasteiger partial charge on any atom is -0.396 e. The van der Waals surface area contributed by atoms with E-state index >= 15 is 0 Å². The van der Waals surface area contributed by atoms with E-state index in [1.807, 2.05) is 11.3 Å². The molecule has 4 heteroatoms. The summed E-state index contributed by atoms with van der Waals surface area (Å²) in [6.45, 7) is 2.45. The molecular formula is C14H22N2OS. The van der Waals surface area contributed by atoms with Gasteiger partial charge in [-0.1, -0.05) is 0 Å². The van der Waals surface area contributed by atoms with Crippen LogP contribution < -0.4 is 0 Å². The lowest BCUT2D eigenvalue weighted by Gasteiger charge is -2.20. The van der Waals surface area contributed by atoms with Crippen molar-refractivity contribution in [1.29, 1.82) is 0 Å². The molecule has 1 aromatic rings. The lowest BCUT2D eigenvalue weighted by Crippen LogP contribution is -2.27. The van der Waals surface area contributed by atoms with Crippen LogP contribution in [0.4, 0.5) is 0 Å². The number of aliphatic hydroxyl groups excluding tert-OH is 1. The van der Waals surface area contributed by atoms with Gasteiger partial charge in [0, 0.05) is 30.5 Å². The van der Waals surface area contributed by atoms with Gasteiger partial charge in [0.25, 0.3) is 0 Å². The third kappa shape index (κ3) is 3.31. The Bertz CT molecular complexity index is 385. The summed E-state index contributed by atoms with van der Waals surface area (Å²) in [6.07, 6.45) is 7.41. The normalized spacial score (nSPS) is 19.7. The molecule has 3 rings (SSSR count). The summed E-state index contributed by atoms with van der Waals surface area (Å²) in [6, 6.07) is 0.787. The Kier molecular flexibility index (Phi) is 3.97. The van der Waals surface area contributed by atoms with Crippen molar-refractivity contribution in [3.05, 3.63) is 16.1 Å². The average molecular weight is 266 g/mol. The highest BCUT2D eigenvalue weighted by Gasteiger charge is 2.30. The average Bonchev–Trinajstić information content (AvgIpc) is 3.28. The van der Waals surface area contributed by atoms with Crippen LogP contribution in [-0.2, 0) is 6.54 Å². The quantitative estimate of drug-likeness (QED) is 0.735. The van der Waals surface area contributed by atoms with E-state index in [9.17, 15) is 0 Å². The van der Waals surface area contributed by atoms with Crippen molar-refractivity contribution in [2.24, 2.45) is 0 Å². The van der Waals surface area contributed by atoms with Crippen molar-refractivity contribution in [3.8, 4) is 0 Å². The number of aromatic nitrogens is 1. The maximum atomic E-state index is 8.87. The molecule has 2 aliphatic rings. The molecule has 1 N–H and O–H groups in total. The first-order chi connectivity index (χ1) is 8.86. The van der Waals surface area contributed by atoms with Crippen molar-refractivity contribution in [1.82, 2.24) is 9.88 Å². The highest BCUT2D eigenvalue weighted by molar-refractivity contribution is 7.09. The highest BCUT2D eigenvalue weighted by Crippen LogP contribution is 2.41. The van der Waals surface area contributed by atoms with Crippen molar-refractivity contribution in [2.45, 2.75) is 57.0 Å². The number of hydrogen-bond acceptors (Lipinski definition) is 4. The summed E-state index contributed by atoms with van der Waals surface area (Å²) in [7, 11) is 0. The second-order valence-corrected chi connectivity index (χ2v) is 6.47. The van der Waals surface area contributed by atoms with Crippen LogP contribution in [0.15, 0.2) is 5.38 Å². The molecule has 0 saturated heterocycles. The molecule has 2 saturated carbocycles. The predicted molar refractivity (Wildman–Crippen MR) is 73.8 cm³/mol. The molecule has 0 atom stereocenters. The molecule has 1 heterocycles. The van der Waals surface area contributed by atoms with Gasteiger partial charge in [0.15, 0.2) is 0 Å². The summed E-state index contributed by atoms with van der Waals surface area (Å²) in [5, 5.41) is 12.5. The van der Waals surface area contributed by atoms with E-state index in [0.29, 0.717) is 6.61 Å². The zero-order valence-electron chi connectivity index (χ0n) is 10.8. The zero-order chi connectivity index (χ0) is 12.4. The maximum absolute atomic E-state index is 8.87. The van der Waals surface area contributed by atoms with Crippen molar-refractivity contribution in [3.63, 3.8) is 0 Å². The smallest absolute Gasteiger partial charge is 0.0959 e. The fourth-order valence-corrected chi connectivity index (χ4v) is 3.36. The van der Waals surface area contributed by atoms with Crippen LogP contribution in [0, 0.1) is 0 Å². The minimum absolute atomic E-state index is 0.320. The monoisotopic (exact) mass is 266 g/mol. The number of thiazole rings is 1. The largest absolute Gasteiger partial charge is 0.396 e. The molecule has 0 amide bonds. The van der Waals surface area contributed by atoms with Gasteiger partial charge in [0.2, 0.25) is 0 Å². The Morgan fingerprint density at radius 2 is 2.11 bits per heavy atom. The molecule has 0 aliphatic heterocycles. The third-order valence-corrected chi connectivity index (χ3v) is 4.83. The van der Waals surface area contributed by atoms with E-state index in [0.717, 1.165) is 37.9 Å². The van der Waals surface area contributed by atoms with Crippen LogP contribution in [0.1, 0.15) is 55.1 Å². The standard InChI is InChI=1S/C14H22N2OS/c17-8-2-1-7-16(13-5-6-13)9-12-10-18-14(15-12)11-3-4-11/h10-11,13,17H,1-9H2. The minimum atomic E-state index is 0.320. The van der Waals surface area contributed by atoms with Gasteiger partial charge >= 0.3 is 0 Å². The van der Waals surface area contributed by atoms with Gasteiger partial charge in [0.1, 0.15) is 0 Å². The Morgan fingerprint density at radius 1 is 1.28 bits per heavy atom. The lowest BCUT2D eigenvalue weighted by atomic mass is 10.3. The fraction of sp³-hybridized carbons (Fsp3) is 0.786. The summed E-state index contributed by atoms with van der Waals surface area (Å²) < 4.78 is 0. The van der Waals surface area contributed by atoms with Gasteiger partial charge in [-0.15, -0.1) is 11.3 Å². The molecule has 0 unspecified atom stereocenters. The predicted octanol–water partition coefficient (Wildman–Crippen LogP) is 2.76. The summed E-state index contributed by atoms with van der Waals surface area (Å²) in [5.41, 5.74) is 1.26. The summed E-state index contributed by atoms with van der Waals surface area (Å²) in [4.78, 5) is 7.33. The van der Waals surface area contributed by atoms with Crippen molar-refractivity contribution >= 4 is 11.3 Å². The lowest BCUT2D eigenvalue weighted by molar-refractivity contribution is 0.227. The van der Waals surface area contributed by atoms with Crippen LogP contribution in [0.2, 0.25) is 0 Å². The molecule has 1 aromatic heterocycles. The number of hydrogen-bond donors (Lipinski definition) is 1. The topological polar surface area (TPSA) is 36.4 Å². The summed E-state index contributed by atoms with van der Waals surface area (Å²) >= 11 is 1.84.